The number of halogens is 4. The predicted molar refractivity (Wildman–Crippen MR) is 85.7 cm³/mol. The SMILES string of the molecule is CCOC(=O)c1[nH]c2cc(Cl)ccc2c1/C=N/NC(=O)CC(F)(F)F. The van der Waals surface area contributed by atoms with Crippen LogP contribution in [0.2, 0.25) is 5.02 Å². The summed E-state index contributed by atoms with van der Waals surface area (Å²) in [7, 11) is 0. The van der Waals surface area contributed by atoms with Crippen molar-refractivity contribution >= 4 is 40.6 Å². The summed E-state index contributed by atoms with van der Waals surface area (Å²) in [5.74, 6) is -1.98. The van der Waals surface area contributed by atoms with Crippen LogP contribution in [0.4, 0.5) is 13.2 Å². The standard InChI is InChI=1S/C15H13ClF3N3O3/c1-2-25-14(24)13-10(7-20-22-12(23)6-15(17,18)19)9-4-3-8(16)5-11(9)21-13/h3-5,7,21H,2,6H2,1H3,(H,22,23)/b20-7+. The molecule has 10 heteroatoms. The number of fused-ring (bicyclic) bond motifs is 1. The summed E-state index contributed by atoms with van der Waals surface area (Å²) < 4.78 is 41.3. The number of nitrogens with one attached hydrogen (secondary N) is 2. The normalized spacial score (nSPS) is 11.9. The molecule has 6 nitrogen and oxygen atoms in total. The van der Waals surface area contributed by atoms with Crippen molar-refractivity contribution in [2.24, 2.45) is 5.10 Å². The van der Waals surface area contributed by atoms with Crippen molar-refractivity contribution in [3.8, 4) is 0 Å². The van der Waals surface area contributed by atoms with Gasteiger partial charge >= 0.3 is 12.1 Å². The quantitative estimate of drug-likeness (QED) is 0.477. The first-order valence-electron chi connectivity index (χ1n) is 7.08. The average molecular weight is 376 g/mol. The molecule has 1 heterocycles. The number of carbonyl (C=O) groups is 2. The van der Waals surface area contributed by atoms with Crippen molar-refractivity contribution in [1.82, 2.24) is 10.4 Å². The number of H-pyrrole nitrogens is 1. The third kappa shape index (κ3) is 4.96. The highest BCUT2D eigenvalue weighted by atomic mass is 35.5. The first kappa shape index (κ1) is 18.8. The van der Waals surface area contributed by atoms with Gasteiger partial charge in [-0.15, -0.1) is 0 Å². The van der Waals surface area contributed by atoms with Gasteiger partial charge in [-0.3, -0.25) is 4.79 Å². The van der Waals surface area contributed by atoms with Gasteiger partial charge in [-0.2, -0.15) is 18.3 Å². The number of hydrogen-bond acceptors (Lipinski definition) is 4. The van der Waals surface area contributed by atoms with E-state index in [0.29, 0.717) is 15.9 Å². The fourth-order valence-corrected chi connectivity index (χ4v) is 2.25. The fourth-order valence-electron chi connectivity index (χ4n) is 2.08. The number of aromatic nitrogens is 1. The van der Waals surface area contributed by atoms with Gasteiger partial charge in [0.05, 0.1) is 12.8 Å². The Morgan fingerprint density at radius 1 is 1.40 bits per heavy atom. The molecule has 1 amide bonds. The maximum atomic E-state index is 12.1. The molecule has 25 heavy (non-hydrogen) atoms. The highest BCUT2D eigenvalue weighted by molar-refractivity contribution is 6.31. The lowest BCUT2D eigenvalue weighted by Gasteiger charge is -2.04. The van der Waals surface area contributed by atoms with E-state index in [1.54, 1.807) is 30.5 Å². The van der Waals surface area contributed by atoms with E-state index in [4.69, 9.17) is 16.3 Å². The van der Waals surface area contributed by atoms with Gasteiger partial charge in [0.25, 0.3) is 0 Å². The summed E-state index contributed by atoms with van der Waals surface area (Å²) in [5, 5.41) is 4.45. The summed E-state index contributed by atoms with van der Waals surface area (Å²) in [4.78, 5) is 26.0. The van der Waals surface area contributed by atoms with Crippen molar-refractivity contribution in [2.75, 3.05) is 6.61 Å². The number of rotatable bonds is 5. The van der Waals surface area contributed by atoms with Gasteiger partial charge < -0.3 is 9.72 Å². The number of aromatic amines is 1. The summed E-state index contributed by atoms with van der Waals surface area (Å²) >= 11 is 5.90. The first-order valence-corrected chi connectivity index (χ1v) is 7.46. The largest absolute Gasteiger partial charge is 0.461 e. The Bertz CT molecular complexity index is 831. The van der Waals surface area contributed by atoms with Crippen molar-refractivity contribution in [3.63, 3.8) is 0 Å². The van der Waals surface area contributed by atoms with Crippen molar-refractivity contribution < 1.29 is 27.5 Å². The number of alkyl halides is 3. The second kappa shape index (κ2) is 7.56. The van der Waals surface area contributed by atoms with Gasteiger partial charge in [-0.25, -0.2) is 10.2 Å². The third-order valence-corrected chi connectivity index (χ3v) is 3.26. The Morgan fingerprint density at radius 2 is 2.12 bits per heavy atom. The maximum absolute atomic E-state index is 12.1. The number of esters is 1. The molecule has 1 aromatic heterocycles. The number of hydrazone groups is 1. The molecule has 0 aliphatic rings. The number of hydrogen-bond donors (Lipinski definition) is 2. The van der Waals surface area contributed by atoms with Crippen LogP contribution in [0, 0.1) is 0 Å². The van der Waals surface area contributed by atoms with Crippen molar-refractivity contribution in [3.05, 3.63) is 34.5 Å². The van der Waals surface area contributed by atoms with E-state index in [2.05, 4.69) is 10.1 Å². The van der Waals surface area contributed by atoms with E-state index in [-0.39, 0.29) is 17.9 Å². The summed E-state index contributed by atoms with van der Waals surface area (Å²) in [6.45, 7) is 1.76. The molecule has 0 fully saturated rings. The van der Waals surface area contributed by atoms with E-state index in [1.165, 1.54) is 0 Å². The topological polar surface area (TPSA) is 83.6 Å². The first-order chi connectivity index (χ1) is 11.7. The van der Waals surface area contributed by atoms with Crippen LogP contribution in [0.5, 0.6) is 0 Å². The van der Waals surface area contributed by atoms with E-state index in [1.807, 2.05) is 0 Å². The number of nitrogens with zero attached hydrogens (tertiary/aromatic N) is 1. The third-order valence-electron chi connectivity index (χ3n) is 3.02. The molecule has 0 radical (unpaired) electrons. The Kier molecular flexibility index (Phi) is 5.68. The molecule has 0 bridgehead atoms. The lowest BCUT2D eigenvalue weighted by Crippen LogP contribution is -2.24. The van der Waals surface area contributed by atoms with Crippen LogP contribution in [-0.4, -0.2) is 35.9 Å². The smallest absolute Gasteiger partial charge is 0.397 e. The monoisotopic (exact) mass is 375 g/mol. The van der Waals surface area contributed by atoms with Crippen LogP contribution >= 0.6 is 11.6 Å². The molecule has 0 unspecified atom stereocenters. The number of carbonyl (C=O) groups excluding carboxylic acids is 2. The second-order valence-corrected chi connectivity index (χ2v) is 5.35. The van der Waals surface area contributed by atoms with E-state index in [0.717, 1.165) is 6.21 Å². The molecule has 0 atom stereocenters. The summed E-state index contributed by atoms with van der Waals surface area (Å²) in [6.07, 6.45) is -5.21. The highest BCUT2D eigenvalue weighted by Gasteiger charge is 2.31. The molecule has 0 saturated heterocycles. The van der Waals surface area contributed by atoms with Gasteiger partial charge in [0, 0.05) is 21.5 Å². The van der Waals surface area contributed by atoms with Crippen LogP contribution in [0.15, 0.2) is 23.3 Å². The van der Waals surface area contributed by atoms with E-state index >= 15 is 0 Å². The predicted octanol–water partition coefficient (Wildman–Crippen LogP) is 3.40. The van der Waals surface area contributed by atoms with Crippen LogP contribution < -0.4 is 5.43 Å². The minimum absolute atomic E-state index is 0.0490. The molecule has 0 saturated carbocycles. The zero-order valence-electron chi connectivity index (χ0n) is 12.9. The number of amides is 1. The minimum Gasteiger partial charge on any atom is -0.461 e. The minimum atomic E-state index is -4.63. The van der Waals surface area contributed by atoms with Crippen molar-refractivity contribution in [2.45, 2.75) is 19.5 Å². The van der Waals surface area contributed by atoms with Gasteiger partial charge in [-0.1, -0.05) is 17.7 Å². The molecular formula is C15H13ClF3N3O3. The fraction of sp³-hybridized carbons (Fsp3) is 0.267. The maximum Gasteiger partial charge on any atom is 0.397 e. The molecule has 134 valence electrons. The van der Waals surface area contributed by atoms with Gasteiger partial charge in [0.1, 0.15) is 12.1 Å². The molecule has 2 aromatic rings. The molecule has 0 spiro atoms. The van der Waals surface area contributed by atoms with Gasteiger partial charge in [0.2, 0.25) is 5.91 Å². The Hall–Kier alpha value is -2.55. The average Bonchev–Trinajstić information content (AvgIpc) is 2.83. The van der Waals surface area contributed by atoms with E-state index in [9.17, 15) is 22.8 Å². The molecular weight excluding hydrogens is 363 g/mol. The zero-order chi connectivity index (χ0) is 18.6. The summed E-state index contributed by atoms with van der Waals surface area (Å²) in [6, 6.07) is 4.75. The van der Waals surface area contributed by atoms with Crippen molar-refractivity contribution in [1.29, 1.82) is 0 Å². The molecule has 0 aliphatic heterocycles. The van der Waals surface area contributed by atoms with Crippen LogP contribution in [0.3, 0.4) is 0 Å². The molecule has 2 rings (SSSR count). The lowest BCUT2D eigenvalue weighted by atomic mass is 10.1. The number of ether oxygens (including phenoxy) is 1. The Morgan fingerprint density at radius 3 is 2.76 bits per heavy atom. The zero-order valence-corrected chi connectivity index (χ0v) is 13.7. The van der Waals surface area contributed by atoms with E-state index < -0.39 is 24.5 Å². The van der Waals surface area contributed by atoms with Crippen LogP contribution in [-0.2, 0) is 9.53 Å². The Balaban J connectivity index is 2.31. The Labute approximate surface area is 145 Å². The van der Waals surface area contributed by atoms with Crippen LogP contribution in [0.25, 0.3) is 10.9 Å². The van der Waals surface area contributed by atoms with Crippen LogP contribution in [0.1, 0.15) is 29.4 Å². The van der Waals surface area contributed by atoms with Gasteiger partial charge in [-0.05, 0) is 19.1 Å². The molecule has 0 aliphatic carbocycles. The van der Waals surface area contributed by atoms with Gasteiger partial charge in [0.15, 0.2) is 0 Å². The lowest BCUT2D eigenvalue weighted by molar-refractivity contribution is -0.153. The number of benzene rings is 1. The highest BCUT2D eigenvalue weighted by Crippen LogP contribution is 2.25. The molecule has 1 aromatic carbocycles. The summed E-state index contributed by atoms with van der Waals surface area (Å²) in [5.41, 5.74) is 2.59. The molecule has 2 N–H and O–H groups in total. The second-order valence-electron chi connectivity index (χ2n) is 4.91.